The van der Waals surface area contributed by atoms with Crippen LogP contribution in [0.4, 0.5) is 0 Å². The molecule has 14 aromatic rings. The molecule has 8 nitrogen and oxygen atoms in total. The average molecular weight is 947 g/mol. The van der Waals surface area contributed by atoms with E-state index in [2.05, 4.69) is 167 Å². The van der Waals surface area contributed by atoms with E-state index in [-0.39, 0.29) is 0 Å². The van der Waals surface area contributed by atoms with Crippen LogP contribution in [0.3, 0.4) is 0 Å². The van der Waals surface area contributed by atoms with Gasteiger partial charge in [0.2, 0.25) is 0 Å². The molecule has 0 atom stereocenters. The highest BCUT2D eigenvalue weighted by Crippen LogP contribution is 2.42. The van der Waals surface area contributed by atoms with Gasteiger partial charge in [-0.3, -0.25) is 0 Å². The highest BCUT2D eigenvalue weighted by molar-refractivity contribution is 6.12. The normalized spacial score (nSPS) is 11.5. The highest BCUT2D eigenvalue weighted by Gasteiger charge is 2.23. The first-order valence-electron chi connectivity index (χ1n) is 24.7. The maximum atomic E-state index is 5.38. The summed E-state index contributed by atoms with van der Waals surface area (Å²) in [6.45, 7) is 0. The first-order chi connectivity index (χ1) is 36.7. The number of fused-ring (bicyclic) bond motifs is 6. The number of rotatable bonds is 9. The summed E-state index contributed by atoms with van der Waals surface area (Å²) in [7, 11) is 0. The zero-order valence-corrected chi connectivity index (χ0v) is 39.8. The van der Waals surface area contributed by atoms with E-state index in [4.69, 9.17) is 29.9 Å². The van der Waals surface area contributed by atoms with E-state index >= 15 is 0 Å². The highest BCUT2D eigenvalue weighted by atomic mass is 15.1. The van der Waals surface area contributed by atoms with Gasteiger partial charge in [0.1, 0.15) is 0 Å². The molecule has 0 aliphatic carbocycles. The van der Waals surface area contributed by atoms with Crippen molar-refractivity contribution in [3.63, 3.8) is 0 Å². The minimum atomic E-state index is 0.554. The molecule has 0 radical (unpaired) electrons. The molecule has 0 bridgehead atoms. The Kier molecular flexibility index (Phi) is 10.3. The van der Waals surface area contributed by atoms with Gasteiger partial charge in [-0.25, -0.2) is 29.9 Å². The Morgan fingerprint density at radius 2 is 0.541 bits per heavy atom. The average Bonchev–Trinajstić information content (AvgIpc) is 4.02. The third-order valence-corrected chi connectivity index (χ3v) is 13.8. The van der Waals surface area contributed by atoms with Crippen molar-refractivity contribution in [2.75, 3.05) is 0 Å². The van der Waals surface area contributed by atoms with Gasteiger partial charge < -0.3 is 9.13 Å². The molecule has 0 aliphatic heterocycles. The third-order valence-electron chi connectivity index (χ3n) is 13.8. The summed E-state index contributed by atoms with van der Waals surface area (Å²) in [5.74, 6) is 3.55. The maximum absolute atomic E-state index is 5.38. The van der Waals surface area contributed by atoms with Gasteiger partial charge in [-0.05, 0) is 60.2 Å². The van der Waals surface area contributed by atoms with Crippen molar-refractivity contribution in [3.8, 4) is 90.8 Å². The van der Waals surface area contributed by atoms with Crippen LogP contribution in [0, 0.1) is 0 Å². The SMILES string of the molecule is c1ccc(-c2nc(-c3ccccc3)nc(-c3ccc4c(c3)c3ccccc3n4-c3ccc(-c4ccccc4-n4c5ccccc5c5ccccc54)cc3-c3nc(-c4ccccc4)nc(-c4ccccc4)n3)n2)cc1. The van der Waals surface area contributed by atoms with Crippen molar-refractivity contribution in [1.82, 2.24) is 39.0 Å². The fourth-order valence-corrected chi connectivity index (χ4v) is 10.4. The van der Waals surface area contributed by atoms with Crippen LogP contribution in [0.25, 0.3) is 134 Å². The molecule has 4 heterocycles. The van der Waals surface area contributed by atoms with Crippen LogP contribution in [0.2, 0.25) is 0 Å². The summed E-state index contributed by atoms with van der Waals surface area (Å²) in [5.41, 5.74) is 13.8. The minimum Gasteiger partial charge on any atom is -0.309 e. The lowest BCUT2D eigenvalue weighted by molar-refractivity contribution is 1.06. The fraction of sp³-hybridized carbons (Fsp3) is 0. The number of hydrogen-bond donors (Lipinski definition) is 0. The van der Waals surface area contributed by atoms with E-state index in [1.54, 1.807) is 0 Å². The zero-order valence-electron chi connectivity index (χ0n) is 39.8. The molecule has 0 spiro atoms. The smallest absolute Gasteiger partial charge is 0.166 e. The van der Waals surface area contributed by atoms with Gasteiger partial charge in [-0.2, -0.15) is 0 Å². The van der Waals surface area contributed by atoms with Crippen LogP contribution in [-0.2, 0) is 0 Å². The van der Waals surface area contributed by atoms with Gasteiger partial charge in [0.25, 0.3) is 0 Å². The van der Waals surface area contributed by atoms with Gasteiger partial charge in [0.05, 0.1) is 33.4 Å². The Labute approximate surface area is 426 Å². The molecule has 14 rings (SSSR count). The van der Waals surface area contributed by atoms with Gasteiger partial charge >= 0.3 is 0 Å². The molecular formula is C66H42N8. The van der Waals surface area contributed by atoms with E-state index in [1.807, 2.05) is 97.1 Å². The second-order valence-corrected chi connectivity index (χ2v) is 18.3. The third kappa shape index (κ3) is 7.40. The molecule has 10 aromatic carbocycles. The number of para-hydroxylation sites is 4. The van der Waals surface area contributed by atoms with Gasteiger partial charge in [0.15, 0.2) is 34.9 Å². The van der Waals surface area contributed by atoms with Crippen molar-refractivity contribution in [2.45, 2.75) is 0 Å². The summed E-state index contributed by atoms with van der Waals surface area (Å²) in [5, 5.41) is 4.55. The molecule has 0 fully saturated rings. The summed E-state index contributed by atoms with van der Waals surface area (Å²) in [4.78, 5) is 31.1. The van der Waals surface area contributed by atoms with Crippen LogP contribution >= 0.6 is 0 Å². The Morgan fingerprint density at radius 3 is 1.01 bits per heavy atom. The van der Waals surface area contributed by atoms with E-state index in [1.165, 1.54) is 10.8 Å². The van der Waals surface area contributed by atoms with Gasteiger partial charge in [-0.15, -0.1) is 0 Å². The summed E-state index contributed by atoms with van der Waals surface area (Å²) < 4.78 is 4.74. The molecule has 346 valence electrons. The van der Waals surface area contributed by atoms with E-state index in [0.29, 0.717) is 34.9 Å². The minimum absolute atomic E-state index is 0.554. The molecular weight excluding hydrogens is 905 g/mol. The second kappa shape index (κ2) is 17.9. The molecule has 0 N–H and O–H groups in total. The molecule has 74 heavy (non-hydrogen) atoms. The van der Waals surface area contributed by atoms with E-state index in [0.717, 1.165) is 88.7 Å². The van der Waals surface area contributed by atoms with E-state index < -0.39 is 0 Å². The van der Waals surface area contributed by atoms with Crippen molar-refractivity contribution in [2.24, 2.45) is 0 Å². The Balaban J connectivity index is 1.01. The molecule has 0 amide bonds. The van der Waals surface area contributed by atoms with Crippen molar-refractivity contribution < 1.29 is 0 Å². The number of aromatic nitrogens is 8. The van der Waals surface area contributed by atoms with Crippen LogP contribution in [0.1, 0.15) is 0 Å². The molecule has 0 unspecified atom stereocenters. The molecule has 0 aliphatic rings. The van der Waals surface area contributed by atoms with Crippen molar-refractivity contribution >= 4 is 43.6 Å². The predicted molar refractivity (Wildman–Crippen MR) is 300 cm³/mol. The molecule has 4 aromatic heterocycles. The van der Waals surface area contributed by atoms with Gasteiger partial charge in [-0.1, -0.05) is 200 Å². The lowest BCUT2D eigenvalue weighted by atomic mass is 9.99. The first-order valence-corrected chi connectivity index (χ1v) is 24.7. The van der Waals surface area contributed by atoms with Crippen LogP contribution in [0.15, 0.2) is 255 Å². The topological polar surface area (TPSA) is 87.2 Å². The lowest BCUT2D eigenvalue weighted by Gasteiger charge is -2.18. The number of hydrogen-bond acceptors (Lipinski definition) is 6. The number of nitrogens with zero attached hydrogens (tertiary/aromatic N) is 8. The second-order valence-electron chi connectivity index (χ2n) is 18.3. The molecule has 0 saturated heterocycles. The van der Waals surface area contributed by atoms with E-state index in [9.17, 15) is 0 Å². The predicted octanol–water partition coefficient (Wildman–Crippen LogP) is 15.9. The molecule has 8 heteroatoms. The number of benzene rings is 10. The van der Waals surface area contributed by atoms with Gasteiger partial charge in [0, 0.05) is 60.5 Å². The standard InChI is InChI=1S/C66H42N8/c1-5-21-43(22-6-1)61-67-62(44-23-7-2-8-24-44)70-65(69-61)48-38-40-59-53(42-48)52-32-16-20-36-58(52)74(59)60-39-37-47(49-29-13-17-33-55(49)73-56-34-18-14-30-50(56)51-31-15-19-35-57(51)73)41-54(60)66-71-63(45-25-9-3-10-26-45)68-64(72-66)46-27-11-4-12-28-46/h1-42H. The van der Waals surface area contributed by atoms with Crippen LogP contribution in [-0.4, -0.2) is 39.0 Å². The summed E-state index contributed by atoms with van der Waals surface area (Å²) in [6, 6.07) is 88.3. The van der Waals surface area contributed by atoms with Crippen molar-refractivity contribution in [3.05, 3.63) is 255 Å². The Bertz CT molecular complexity index is 4250. The van der Waals surface area contributed by atoms with Crippen LogP contribution < -0.4 is 0 Å². The monoisotopic (exact) mass is 946 g/mol. The summed E-state index contributed by atoms with van der Waals surface area (Å²) in [6.07, 6.45) is 0. The lowest BCUT2D eigenvalue weighted by Crippen LogP contribution is -2.04. The first kappa shape index (κ1) is 42.7. The Morgan fingerprint density at radius 1 is 0.203 bits per heavy atom. The summed E-state index contributed by atoms with van der Waals surface area (Å²) >= 11 is 0. The fourth-order valence-electron chi connectivity index (χ4n) is 10.4. The Hall–Kier alpha value is -10.2. The quantitative estimate of drug-likeness (QED) is 0.143. The zero-order chi connectivity index (χ0) is 49.0. The molecule has 0 saturated carbocycles. The largest absolute Gasteiger partial charge is 0.309 e. The maximum Gasteiger partial charge on any atom is 0.166 e. The van der Waals surface area contributed by atoms with Crippen molar-refractivity contribution in [1.29, 1.82) is 0 Å². The van der Waals surface area contributed by atoms with Crippen LogP contribution in [0.5, 0.6) is 0 Å².